The maximum atomic E-state index is 10.2. The third-order valence-electron chi connectivity index (χ3n) is 1.70. The number of nitrogens with one attached hydrogen (secondary N) is 1. The minimum atomic E-state index is -1.28. The Bertz CT molecular complexity index is 450. The van der Waals surface area contributed by atoms with Gasteiger partial charge in [0, 0.05) is 10.4 Å². The Morgan fingerprint density at radius 2 is 2.15 bits per heavy atom. The number of anilines is 1. The van der Waals surface area contributed by atoms with Crippen LogP contribution in [0, 0.1) is 0 Å². The molecule has 1 heterocycles. The first kappa shape index (κ1) is 8.07. The summed E-state index contributed by atoms with van der Waals surface area (Å²) in [5, 5.41) is 15.4. The Hall–Kier alpha value is -1.55. The number of carbonyl (C=O) groups excluding carboxylic acids is 1. The molecule has 0 aliphatic rings. The van der Waals surface area contributed by atoms with Crippen LogP contribution in [0.1, 0.15) is 0 Å². The van der Waals surface area contributed by atoms with Crippen LogP contribution in [0.15, 0.2) is 29.6 Å². The number of rotatable bonds is 1. The van der Waals surface area contributed by atoms with Gasteiger partial charge in [-0.3, -0.25) is 5.32 Å². The zero-order valence-electron chi connectivity index (χ0n) is 6.61. The van der Waals surface area contributed by atoms with Gasteiger partial charge in [0.15, 0.2) is 0 Å². The van der Waals surface area contributed by atoms with E-state index in [1.807, 2.05) is 17.5 Å². The van der Waals surface area contributed by atoms with Gasteiger partial charge in [-0.05, 0) is 35.0 Å². The maximum absolute atomic E-state index is 10.2. The van der Waals surface area contributed by atoms with E-state index in [4.69, 9.17) is 0 Å². The second-order valence-electron chi connectivity index (χ2n) is 2.59. The molecule has 0 aliphatic carbocycles. The Kier molecular flexibility index (Phi) is 1.90. The number of thiophene rings is 1. The van der Waals surface area contributed by atoms with Crippen LogP contribution in [0.2, 0.25) is 0 Å². The molecular formula is C9H6NO2S. The van der Waals surface area contributed by atoms with Gasteiger partial charge in [-0.15, -0.1) is 11.3 Å². The quantitative estimate of drug-likeness (QED) is 0.742. The highest BCUT2D eigenvalue weighted by Crippen LogP contribution is 2.23. The fraction of sp³-hybridized carbons (Fsp3) is 0. The van der Waals surface area contributed by atoms with Crippen LogP contribution in [0.3, 0.4) is 0 Å². The summed E-state index contributed by atoms with van der Waals surface area (Å²) in [6.07, 6.45) is -1.28. The summed E-state index contributed by atoms with van der Waals surface area (Å²) in [6, 6.07) is 7.32. The van der Waals surface area contributed by atoms with Crippen LogP contribution in [-0.2, 0) is 5.11 Å². The molecule has 3 nitrogen and oxygen atoms in total. The van der Waals surface area contributed by atoms with Gasteiger partial charge >= 0.3 is 6.09 Å². The molecule has 1 radical (unpaired) electrons. The van der Waals surface area contributed by atoms with Crippen LogP contribution in [0.5, 0.6) is 0 Å². The molecule has 0 bridgehead atoms. The minimum Gasteiger partial charge on any atom is -0.288 e. The van der Waals surface area contributed by atoms with Gasteiger partial charge in [-0.25, -0.2) is 9.90 Å². The highest BCUT2D eigenvalue weighted by Gasteiger charge is 2.01. The summed E-state index contributed by atoms with van der Waals surface area (Å²) in [5.41, 5.74) is 0.547. The molecule has 0 saturated heterocycles. The number of amides is 1. The second kappa shape index (κ2) is 3.06. The van der Waals surface area contributed by atoms with Crippen molar-refractivity contribution in [1.82, 2.24) is 0 Å². The van der Waals surface area contributed by atoms with E-state index in [1.165, 1.54) is 0 Å². The molecule has 1 aromatic heterocycles. The summed E-state index contributed by atoms with van der Waals surface area (Å²) in [6.45, 7) is 0. The van der Waals surface area contributed by atoms with E-state index in [0.29, 0.717) is 5.69 Å². The van der Waals surface area contributed by atoms with Gasteiger partial charge in [0.25, 0.3) is 0 Å². The summed E-state index contributed by atoms with van der Waals surface area (Å²) in [7, 11) is 0. The molecule has 0 fully saturated rings. The fourth-order valence-electron chi connectivity index (χ4n) is 1.16. The molecule has 2 rings (SSSR count). The van der Waals surface area contributed by atoms with E-state index in [-0.39, 0.29) is 0 Å². The normalized spacial score (nSPS) is 10.2. The van der Waals surface area contributed by atoms with E-state index < -0.39 is 6.09 Å². The minimum absolute atomic E-state index is 0.547. The lowest BCUT2D eigenvalue weighted by Crippen LogP contribution is -2.04. The maximum Gasteiger partial charge on any atom is 0.454 e. The lowest BCUT2D eigenvalue weighted by molar-refractivity contribution is 0.185. The van der Waals surface area contributed by atoms with E-state index >= 15 is 0 Å². The van der Waals surface area contributed by atoms with E-state index in [9.17, 15) is 9.90 Å². The van der Waals surface area contributed by atoms with Crippen molar-refractivity contribution < 1.29 is 9.90 Å². The van der Waals surface area contributed by atoms with Crippen molar-refractivity contribution in [1.29, 1.82) is 0 Å². The molecule has 0 atom stereocenters. The predicted octanol–water partition coefficient (Wildman–Crippen LogP) is 2.86. The lowest BCUT2D eigenvalue weighted by Gasteiger charge is -1.97. The number of benzene rings is 1. The summed E-state index contributed by atoms with van der Waals surface area (Å²) in [5.74, 6) is 0. The molecule has 65 valence electrons. The first-order valence-electron chi connectivity index (χ1n) is 3.71. The lowest BCUT2D eigenvalue weighted by atomic mass is 10.2. The van der Waals surface area contributed by atoms with Crippen molar-refractivity contribution in [2.75, 3.05) is 5.32 Å². The number of hydrogen-bond donors (Lipinski definition) is 1. The Balaban J connectivity index is 2.42. The van der Waals surface area contributed by atoms with Crippen LogP contribution in [0.25, 0.3) is 10.1 Å². The van der Waals surface area contributed by atoms with Gasteiger partial charge < -0.3 is 0 Å². The van der Waals surface area contributed by atoms with Crippen LogP contribution in [0.4, 0.5) is 10.5 Å². The zero-order valence-corrected chi connectivity index (χ0v) is 7.43. The second-order valence-corrected chi connectivity index (χ2v) is 3.53. The van der Waals surface area contributed by atoms with E-state index in [2.05, 4.69) is 5.32 Å². The molecule has 0 aliphatic heterocycles. The van der Waals surface area contributed by atoms with Crippen LogP contribution < -0.4 is 5.32 Å². The third kappa shape index (κ3) is 1.62. The Morgan fingerprint density at radius 1 is 1.31 bits per heavy atom. The number of carbonyl (C=O) groups is 1. The van der Waals surface area contributed by atoms with Gasteiger partial charge in [0.1, 0.15) is 0 Å². The molecule has 13 heavy (non-hydrogen) atoms. The topological polar surface area (TPSA) is 49.0 Å². The molecule has 2 aromatic rings. The highest BCUT2D eigenvalue weighted by atomic mass is 32.1. The Labute approximate surface area is 78.6 Å². The van der Waals surface area contributed by atoms with Crippen molar-refractivity contribution in [3.05, 3.63) is 29.6 Å². The number of fused-ring (bicyclic) bond motifs is 1. The largest absolute Gasteiger partial charge is 0.454 e. The van der Waals surface area contributed by atoms with Gasteiger partial charge in [0.05, 0.1) is 0 Å². The van der Waals surface area contributed by atoms with Crippen molar-refractivity contribution in [2.24, 2.45) is 0 Å². The van der Waals surface area contributed by atoms with Gasteiger partial charge in [0.2, 0.25) is 0 Å². The van der Waals surface area contributed by atoms with Crippen molar-refractivity contribution in [3.8, 4) is 0 Å². The fourth-order valence-corrected chi connectivity index (χ4v) is 1.93. The van der Waals surface area contributed by atoms with Crippen molar-refractivity contribution in [2.45, 2.75) is 0 Å². The SMILES string of the molecule is [O]C(=O)Nc1ccc2sccc2c1. The number of hydrogen-bond acceptors (Lipinski definition) is 2. The van der Waals surface area contributed by atoms with Crippen molar-refractivity contribution in [3.63, 3.8) is 0 Å². The van der Waals surface area contributed by atoms with Gasteiger partial charge in [-0.1, -0.05) is 0 Å². The molecule has 1 aromatic carbocycles. The van der Waals surface area contributed by atoms with Crippen molar-refractivity contribution >= 4 is 33.2 Å². The van der Waals surface area contributed by atoms with Crippen LogP contribution in [-0.4, -0.2) is 6.09 Å². The Morgan fingerprint density at radius 3 is 2.92 bits per heavy atom. The molecule has 4 heteroatoms. The molecule has 1 N–H and O–H groups in total. The first-order valence-corrected chi connectivity index (χ1v) is 4.59. The monoisotopic (exact) mass is 192 g/mol. The van der Waals surface area contributed by atoms with E-state index in [0.717, 1.165) is 10.1 Å². The molecule has 0 spiro atoms. The molecule has 1 amide bonds. The van der Waals surface area contributed by atoms with Gasteiger partial charge in [-0.2, -0.15) is 0 Å². The molecule has 0 saturated carbocycles. The standard InChI is InChI=1S/C9H6NO2S/c11-9(12)10-7-1-2-8-6(5-7)3-4-13-8/h1-5,10H. The summed E-state index contributed by atoms with van der Waals surface area (Å²) < 4.78 is 1.14. The predicted molar refractivity (Wildman–Crippen MR) is 51.5 cm³/mol. The highest BCUT2D eigenvalue weighted by molar-refractivity contribution is 7.17. The van der Waals surface area contributed by atoms with E-state index in [1.54, 1.807) is 23.5 Å². The summed E-state index contributed by atoms with van der Waals surface area (Å²) in [4.78, 5) is 10.2. The average Bonchev–Trinajstić information content (AvgIpc) is 2.49. The smallest absolute Gasteiger partial charge is 0.288 e. The average molecular weight is 192 g/mol. The first-order chi connectivity index (χ1) is 6.25. The van der Waals surface area contributed by atoms with Crippen LogP contribution >= 0.6 is 11.3 Å². The third-order valence-corrected chi connectivity index (χ3v) is 2.60. The zero-order chi connectivity index (χ0) is 9.26. The molecular weight excluding hydrogens is 186 g/mol. The summed E-state index contributed by atoms with van der Waals surface area (Å²) >= 11 is 1.62. The molecule has 0 unspecified atom stereocenters.